The molecule has 0 radical (unpaired) electrons. The molecule has 17 heavy (non-hydrogen) atoms. The molecule has 0 unspecified atom stereocenters. The number of hydrogen-bond acceptors (Lipinski definition) is 6. The molecule has 0 saturated heterocycles. The van der Waals surface area contributed by atoms with Gasteiger partial charge in [-0.1, -0.05) is 17.8 Å². The Labute approximate surface area is 101 Å². The van der Waals surface area contributed by atoms with Gasteiger partial charge < -0.3 is 9.52 Å². The third kappa shape index (κ3) is 2.82. The minimum absolute atomic E-state index is 0.108. The van der Waals surface area contributed by atoms with Gasteiger partial charge in [-0.3, -0.25) is 9.78 Å². The average Bonchev–Trinajstić information content (AvgIpc) is 2.75. The molecule has 0 aliphatic carbocycles. The molecule has 0 amide bonds. The van der Waals surface area contributed by atoms with Gasteiger partial charge in [-0.25, -0.2) is 0 Å². The van der Waals surface area contributed by atoms with Crippen LogP contribution in [0.2, 0.25) is 0 Å². The van der Waals surface area contributed by atoms with Crippen molar-refractivity contribution in [2.45, 2.75) is 12.1 Å². The van der Waals surface area contributed by atoms with Crippen LogP contribution in [-0.2, 0) is 4.79 Å². The monoisotopic (exact) mass is 251 g/mol. The van der Waals surface area contributed by atoms with Crippen molar-refractivity contribution in [3.63, 3.8) is 0 Å². The number of pyridine rings is 1. The Morgan fingerprint density at radius 2 is 2.35 bits per heavy atom. The van der Waals surface area contributed by atoms with Gasteiger partial charge in [0.05, 0.1) is 0 Å². The number of hydrogen-bond donors (Lipinski definition) is 1. The van der Waals surface area contributed by atoms with Gasteiger partial charge in [-0.05, 0) is 18.6 Å². The van der Waals surface area contributed by atoms with Crippen LogP contribution in [0.25, 0.3) is 11.6 Å². The van der Waals surface area contributed by atoms with E-state index in [-0.39, 0.29) is 11.0 Å². The van der Waals surface area contributed by atoms with Crippen molar-refractivity contribution in [2.75, 3.05) is 5.75 Å². The van der Waals surface area contributed by atoms with Gasteiger partial charge in [-0.15, -0.1) is 10.2 Å². The summed E-state index contributed by atoms with van der Waals surface area (Å²) < 4.78 is 5.32. The van der Waals surface area contributed by atoms with Crippen LogP contribution in [0.4, 0.5) is 0 Å². The minimum atomic E-state index is -0.927. The average molecular weight is 251 g/mol. The molecule has 6 nitrogen and oxygen atoms in total. The van der Waals surface area contributed by atoms with Crippen molar-refractivity contribution in [3.05, 3.63) is 23.9 Å². The number of carboxylic acid groups (broad SMARTS) is 1. The van der Waals surface area contributed by atoms with Gasteiger partial charge in [0.2, 0.25) is 0 Å². The molecular formula is C10H9N3O3S. The third-order valence-electron chi connectivity index (χ3n) is 1.94. The van der Waals surface area contributed by atoms with Crippen molar-refractivity contribution in [3.8, 4) is 11.6 Å². The summed E-state index contributed by atoms with van der Waals surface area (Å²) in [5.74, 6) is -0.734. The van der Waals surface area contributed by atoms with Crippen LogP contribution in [0.3, 0.4) is 0 Å². The third-order valence-corrected chi connectivity index (χ3v) is 2.74. The van der Waals surface area contributed by atoms with Crippen LogP contribution in [0.15, 0.2) is 28.0 Å². The zero-order valence-corrected chi connectivity index (χ0v) is 9.77. The molecule has 2 rings (SSSR count). The predicted octanol–water partition coefficient (Wildman–Crippen LogP) is 1.62. The maximum Gasteiger partial charge on any atom is 0.314 e. The molecule has 0 aromatic carbocycles. The second-order valence-electron chi connectivity index (χ2n) is 3.22. The standard InChI is InChI=1S/C10H9N3O3S/c1-6-3-2-4-11-8(6)9-12-13-10(16-9)17-5-7(14)15/h2-4H,5H2,1H3,(H,14,15). The zero-order chi connectivity index (χ0) is 12.3. The summed E-state index contributed by atoms with van der Waals surface area (Å²) in [5.41, 5.74) is 1.54. The summed E-state index contributed by atoms with van der Waals surface area (Å²) >= 11 is 0.982. The van der Waals surface area contributed by atoms with Crippen LogP contribution in [0.1, 0.15) is 5.56 Å². The highest BCUT2D eigenvalue weighted by Crippen LogP contribution is 2.23. The Balaban J connectivity index is 2.18. The van der Waals surface area contributed by atoms with Gasteiger partial charge in [-0.2, -0.15) is 0 Å². The van der Waals surface area contributed by atoms with Crippen molar-refractivity contribution in [1.82, 2.24) is 15.2 Å². The normalized spacial score (nSPS) is 10.4. The summed E-state index contributed by atoms with van der Waals surface area (Å²) in [6.07, 6.45) is 1.64. The van der Waals surface area contributed by atoms with Gasteiger partial charge in [0.25, 0.3) is 11.1 Å². The van der Waals surface area contributed by atoms with Crippen LogP contribution >= 0.6 is 11.8 Å². The largest absolute Gasteiger partial charge is 0.481 e. The minimum Gasteiger partial charge on any atom is -0.481 e. The number of thioether (sulfide) groups is 1. The van der Waals surface area contributed by atoms with Crippen LogP contribution in [-0.4, -0.2) is 32.0 Å². The summed E-state index contributed by atoms with van der Waals surface area (Å²) in [7, 11) is 0. The molecule has 2 aromatic heterocycles. The highest BCUT2D eigenvalue weighted by Gasteiger charge is 2.12. The maximum absolute atomic E-state index is 10.4. The molecule has 0 saturated carbocycles. The molecular weight excluding hydrogens is 242 g/mol. The van der Waals surface area contributed by atoms with Crippen LogP contribution in [0, 0.1) is 6.92 Å². The number of nitrogens with zero attached hydrogens (tertiary/aromatic N) is 3. The van der Waals surface area contributed by atoms with E-state index in [0.29, 0.717) is 11.6 Å². The fraction of sp³-hybridized carbons (Fsp3) is 0.200. The second-order valence-corrected chi connectivity index (χ2v) is 4.15. The molecule has 0 atom stereocenters. The molecule has 0 bridgehead atoms. The second kappa shape index (κ2) is 4.96. The first-order valence-electron chi connectivity index (χ1n) is 4.77. The summed E-state index contributed by atoms with van der Waals surface area (Å²) in [5, 5.41) is 16.3. The van der Waals surface area contributed by atoms with Gasteiger partial charge in [0.15, 0.2) is 0 Å². The number of aryl methyl sites for hydroxylation is 1. The number of aromatic nitrogens is 3. The van der Waals surface area contributed by atoms with Crippen molar-refractivity contribution in [2.24, 2.45) is 0 Å². The molecule has 1 N–H and O–H groups in total. The molecule has 7 heteroatoms. The lowest BCUT2D eigenvalue weighted by Crippen LogP contribution is -1.97. The Kier molecular flexibility index (Phi) is 3.38. The van der Waals surface area contributed by atoms with E-state index in [9.17, 15) is 4.79 Å². The van der Waals surface area contributed by atoms with E-state index in [0.717, 1.165) is 17.3 Å². The Morgan fingerprint density at radius 3 is 3.06 bits per heavy atom. The highest BCUT2D eigenvalue weighted by atomic mass is 32.2. The lowest BCUT2D eigenvalue weighted by atomic mass is 10.2. The molecule has 0 aliphatic rings. The van der Waals surface area contributed by atoms with E-state index in [4.69, 9.17) is 9.52 Å². The first-order valence-corrected chi connectivity index (χ1v) is 5.75. The van der Waals surface area contributed by atoms with Crippen molar-refractivity contribution < 1.29 is 14.3 Å². The Bertz CT molecular complexity index is 541. The number of rotatable bonds is 4. The molecule has 0 spiro atoms. The van der Waals surface area contributed by atoms with E-state index in [1.54, 1.807) is 6.20 Å². The number of carbonyl (C=O) groups is 1. The van der Waals surface area contributed by atoms with E-state index < -0.39 is 5.97 Å². The van der Waals surface area contributed by atoms with Crippen LogP contribution < -0.4 is 0 Å². The number of aliphatic carboxylic acids is 1. The van der Waals surface area contributed by atoms with E-state index in [1.165, 1.54) is 0 Å². The Morgan fingerprint density at radius 1 is 1.53 bits per heavy atom. The molecule has 2 aromatic rings. The predicted molar refractivity (Wildman–Crippen MR) is 60.6 cm³/mol. The topological polar surface area (TPSA) is 89.1 Å². The molecule has 0 aliphatic heterocycles. The maximum atomic E-state index is 10.4. The summed E-state index contributed by atoms with van der Waals surface area (Å²) in [4.78, 5) is 14.5. The lowest BCUT2D eigenvalue weighted by Gasteiger charge is -1.97. The highest BCUT2D eigenvalue weighted by molar-refractivity contribution is 7.99. The molecule has 88 valence electrons. The first-order chi connectivity index (χ1) is 8.16. The lowest BCUT2D eigenvalue weighted by molar-refractivity contribution is -0.133. The van der Waals surface area contributed by atoms with Crippen LogP contribution in [0.5, 0.6) is 0 Å². The molecule has 2 heterocycles. The van der Waals surface area contributed by atoms with E-state index in [1.807, 2.05) is 19.1 Å². The quantitative estimate of drug-likeness (QED) is 0.825. The van der Waals surface area contributed by atoms with E-state index >= 15 is 0 Å². The van der Waals surface area contributed by atoms with Crippen molar-refractivity contribution in [1.29, 1.82) is 0 Å². The molecule has 0 fully saturated rings. The zero-order valence-electron chi connectivity index (χ0n) is 8.95. The first kappa shape index (κ1) is 11.6. The Hall–Kier alpha value is -1.89. The number of carboxylic acids is 1. The fourth-order valence-corrected chi connectivity index (χ4v) is 1.68. The van der Waals surface area contributed by atoms with Gasteiger partial charge >= 0.3 is 5.97 Å². The summed E-state index contributed by atoms with van der Waals surface area (Å²) in [6, 6.07) is 3.70. The smallest absolute Gasteiger partial charge is 0.314 e. The SMILES string of the molecule is Cc1cccnc1-c1nnc(SCC(=O)O)o1. The fourth-order valence-electron chi connectivity index (χ4n) is 1.20. The van der Waals surface area contributed by atoms with Crippen molar-refractivity contribution >= 4 is 17.7 Å². The van der Waals surface area contributed by atoms with E-state index in [2.05, 4.69) is 15.2 Å². The van der Waals surface area contributed by atoms with Gasteiger partial charge in [0, 0.05) is 6.20 Å². The summed E-state index contributed by atoms with van der Waals surface area (Å²) in [6.45, 7) is 1.89. The van der Waals surface area contributed by atoms with Gasteiger partial charge in [0.1, 0.15) is 11.4 Å².